The highest BCUT2D eigenvalue weighted by atomic mass is 16.5. The minimum absolute atomic E-state index is 0.0863. The number of carbonyl (C=O) groups is 3. The number of amides is 2. The van der Waals surface area contributed by atoms with Gasteiger partial charge in [0.2, 0.25) is 0 Å². The first-order valence-corrected chi connectivity index (χ1v) is 7.78. The van der Waals surface area contributed by atoms with Gasteiger partial charge in [0.05, 0.1) is 32.6 Å². The second-order valence-electron chi connectivity index (χ2n) is 6.10. The van der Waals surface area contributed by atoms with Crippen molar-refractivity contribution in [2.45, 2.75) is 32.2 Å². The van der Waals surface area contributed by atoms with Crippen molar-refractivity contribution in [1.82, 2.24) is 5.32 Å². The number of aliphatic carboxylic acids is 1. The van der Waals surface area contributed by atoms with Crippen molar-refractivity contribution < 1.29 is 33.7 Å². The van der Waals surface area contributed by atoms with Crippen LogP contribution >= 0.6 is 0 Å². The first-order valence-electron chi connectivity index (χ1n) is 7.78. The van der Waals surface area contributed by atoms with Crippen LogP contribution in [0.15, 0.2) is 12.1 Å². The lowest BCUT2D eigenvalue weighted by molar-refractivity contribution is -0.137. The van der Waals surface area contributed by atoms with E-state index in [0.717, 1.165) is 0 Å². The van der Waals surface area contributed by atoms with Gasteiger partial charge in [0, 0.05) is 24.1 Å². The van der Waals surface area contributed by atoms with Gasteiger partial charge in [0.1, 0.15) is 0 Å². The molecular formula is C17H24N2O7. The van der Waals surface area contributed by atoms with E-state index in [4.69, 9.17) is 19.3 Å². The smallest absolute Gasteiger partial charge is 0.340 e. The quantitative estimate of drug-likeness (QED) is 0.601. The largest absolute Gasteiger partial charge is 0.493 e. The number of rotatable bonds is 8. The molecule has 2 amide bonds. The Morgan fingerprint density at radius 1 is 1.08 bits per heavy atom. The number of carbonyl (C=O) groups excluding carboxylic acids is 2. The van der Waals surface area contributed by atoms with Gasteiger partial charge in [-0.15, -0.1) is 0 Å². The van der Waals surface area contributed by atoms with Crippen LogP contribution < -0.4 is 20.1 Å². The van der Waals surface area contributed by atoms with E-state index in [2.05, 4.69) is 10.6 Å². The molecule has 0 spiro atoms. The molecule has 0 heterocycles. The van der Waals surface area contributed by atoms with E-state index in [1.165, 1.54) is 33.5 Å². The predicted molar refractivity (Wildman–Crippen MR) is 94.0 cm³/mol. The molecule has 0 atom stereocenters. The Balaban J connectivity index is 3.04. The van der Waals surface area contributed by atoms with E-state index in [0.29, 0.717) is 11.5 Å². The number of hydrogen-bond donors (Lipinski definition) is 3. The summed E-state index contributed by atoms with van der Waals surface area (Å²) in [6, 6.07) is 2.24. The number of hydrogen-bond acceptors (Lipinski definition) is 6. The van der Waals surface area contributed by atoms with Gasteiger partial charge in [-0.2, -0.15) is 0 Å². The number of carboxylic acids is 1. The lowest BCUT2D eigenvalue weighted by Gasteiger charge is -2.26. The number of anilines is 1. The highest BCUT2D eigenvalue weighted by molar-refractivity contribution is 6.01. The van der Waals surface area contributed by atoms with Gasteiger partial charge in [-0.25, -0.2) is 9.59 Å². The van der Waals surface area contributed by atoms with Crippen LogP contribution in [-0.2, 0) is 9.53 Å². The lowest BCUT2D eigenvalue weighted by Crippen LogP contribution is -2.46. The summed E-state index contributed by atoms with van der Waals surface area (Å²) in [7, 11) is 4.07. The Morgan fingerprint density at radius 3 is 2.15 bits per heavy atom. The fraction of sp³-hybridized carbons (Fsp3) is 0.471. The van der Waals surface area contributed by atoms with E-state index >= 15 is 0 Å². The van der Waals surface area contributed by atoms with Crippen LogP contribution in [0.4, 0.5) is 10.5 Å². The van der Waals surface area contributed by atoms with Crippen molar-refractivity contribution in [1.29, 1.82) is 0 Å². The second kappa shape index (κ2) is 8.93. The Morgan fingerprint density at radius 2 is 1.65 bits per heavy atom. The predicted octanol–water partition coefficient (Wildman–Crippen LogP) is 2.26. The van der Waals surface area contributed by atoms with Crippen LogP contribution in [0.2, 0.25) is 0 Å². The van der Waals surface area contributed by atoms with Crippen molar-refractivity contribution in [3.63, 3.8) is 0 Å². The fourth-order valence-electron chi connectivity index (χ4n) is 2.20. The van der Waals surface area contributed by atoms with E-state index in [1.807, 2.05) is 0 Å². The Bertz CT molecular complexity index is 686. The van der Waals surface area contributed by atoms with Gasteiger partial charge in [-0.05, 0) is 20.3 Å². The molecule has 0 radical (unpaired) electrons. The molecule has 0 unspecified atom stereocenters. The van der Waals surface area contributed by atoms with Gasteiger partial charge in [0.25, 0.3) is 0 Å². The maximum absolute atomic E-state index is 12.3. The number of benzene rings is 1. The van der Waals surface area contributed by atoms with Crippen LogP contribution in [0.1, 0.15) is 37.0 Å². The molecule has 3 N–H and O–H groups in total. The molecule has 1 aromatic carbocycles. The highest BCUT2D eigenvalue weighted by Gasteiger charge is 2.24. The number of ether oxygens (including phenoxy) is 3. The fourth-order valence-corrected chi connectivity index (χ4v) is 2.20. The van der Waals surface area contributed by atoms with Crippen LogP contribution in [0.3, 0.4) is 0 Å². The van der Waals surface area contributed by atoms with Gasteiger partial charge in [-0.3, -0.25) is 4.79 Å². The molecule has 9 nitrogen and oxygen atoms in total. The van der Waals surface area contributed by atoms with Gasteiger partial charge < -0.3 is 30.0 Å². The standard InChI is InChI=1S/C17H24N2O7/c1-17(2,7-6-14(20)21)19-16(23)18-11-9-13(25-4)12(24-3)8-10(11)15(22)26-5/h8-9H,6-7H2,1-5H3,(H,20,21)(H2,18,19,23). The number of nitrogens with one attached hydrogen (secondary N) is 2. The molecule has 0 aliphatic carbocycles. The van der Waals surface area contributed by atoms with Crippen LogP contribution in [0.5, 0.6) is 11.5 Å². The summed E-state index contributed by atoms with van der Waals surface area (Å²) in [5.41, 5.74) is -0.505. The summed E-state index contributed by atoms with van der Waals surface area (Å²) in [6.07, 6.45) is 0.155. The monoisotopic (exact) mass is 368 g/mol. The van der Waals surface area contributed by atoms with E-state index in [-0.39, 0.29) is 24.1 Å². The Hall–Kier alpha value is -2.97. The summed E-state index contributed by atoms with van der Waals surface area (Å²) in [4.78, 5) is 35.0. The van der Waals surface area contributed by atoms with Crippen molar-refractivity contribution in [3.8, 4) is 11.5 Å². The van der Waals surface area contributed by atoms with Crippen LogP contribution in [0.25, 0.3) is 0 Å². The zero-order valence-corrected chi connectivity index (χ0v) is 15.5. The molecule has 0 fully saturated rings. The van der Waals surface area contributed by atoms with Crippen molar-refractivity contribution in [2.24, 2.45) is 0 Å². The topological polar surface area (TPSA) is 123 Å². The highest BCUT2D eigenvalue weighted by Crippen LogP contribution is 2.33. The van der Waals surface area contributed by atoms with Crippen LogP contribution in [-0.4, -0.2) is 49.9 Å². The number of esters is 1. The summed E-state index contributed by atoms with van der Waals surface area (Å²) >= 11 is 0. The lowest BCUT2D eigenvalue weighted by atomic mass is 9.99. The summed E-state index contributed by atoms with van der Waals surface area (Å²) in [5, 5.41) is 14.0. The maximum Gasteiger partial charge on any atom is 0.340 e. The molecule has 0 aliphatic heterocycles. The molecule has 9 heteroatoms. The zero-order chi connectivity index (χ0) is 19.9. The van der Waals surface area contributed by atoms with Crippen molar-refractivity contribution in [3.05, 3.63) is 17.7 Å². The minimum Gasteiger partial charge on any atom is -0.493 e. The second-order valence-corrected chi connectivity index (χ2v) is 6.10. The minimum atomic E-state index is -0.951. The molecule has 26 heavy (non-hydrogen) atoms. The third kappa shape index (κ3) is 5.83. The summed E-state index contributed by atoms with van der Waals surface area (Å²) in [5.74, 6) is -0.985. The number of methoxy groups -OCH3 is 3. The van der Waals surface area contributed by atoms with Crippen molar-refractivity contribution in [2.75, 3.05) is 26.6 Å². The van der Waals surface area contributed by atoms with E-state index in [9.17, 15) is 14.4 Å². The molecule has 0 aromatic heterocycles. The average molecular weight is 368 g/mol. The van der Waals surface area contributed by atoms with E-state index < -0.39 is 23.5 Å². The average Bonchev–Trinajstić information content (AvgIpc) is 2.58. The molecule has 1 rings (SSSR count). The first kappa shape index (κ1) is 21.1. The first-order chi connectivity index (χ1) is 12.1. The van der Waals surface area contributed by atoms with Gasteiger partial charge in [-0.1, -0.05) is 0 Å². The van der Waals surface area contributed by atoms with E-state index in [1.54, 1.807) is 13.8 Å². The third-order valence-electron chi connectivity index (χ3n) is 3.59. The SMILES string of the molecule is COC(=O)c1cc(OC)c(OC)cc1NC(=O)NC(C)(C)CCC(=O)O. The van der Waals surface area contributed by atoms with Gasteiger partial charge in [0.15, 0.2) is 11.5 Å². The Kier molecular flexibility index (Phi) is 7.24. The summed E-state index contributed by atoms with van der Waals surface area (Å²) < 4.78 is 15.1. The zero-order valence-electron chi connectivity index (χ0n) is 15.5. The Labute approximate surface area is 151 Å². The molecule has 0 bridgehead atoms. The number of urea groups is 1. The molecule has 0 saturated carbocycles. The van der Waals surface area contributed by atoms with Crippen LogP contribution in [0, 0.1) is 0 Å². The van der Waals surface area contributed by atoms with Gasteiger partial charge >= 0.3 is 18.0 Å². The molecule has 144 valence electrons. The number of carboxylic acid groups (broad SMARTS) is 1. The third-order valence-corrected chi connectivity index (χ3v) is 3.59. The maximum atomic E-state index is 12.3. The normalized spacial score (nSPS) is 10.7. The molecule has 0 aliphatic rings. The summed E-state index contributed by atoms with van der Waals surface area (Å²) in [6.45, 7) is 3.40. The molecular weight excluding hydrogens is 344 g/mol. The van der Waals surface area contributed by atoms with Crippen molar-refractivity contribution >= 4 is 23.7 Å². The molecule has 1 aromatic rings. The molecule has 0 saturated heterocycles.